The number of carbonyl (C=O) groups is 2. The van der Waals surface area contributed by atoms with Gasteiger partial charge in [-0.2, -0.15) is 0 Å². The minimum absolute atomic E-state index is 0.0882. The smallest absolute Gasteiger partial charge is 0.338 e. The number of esters is 1. The maximum Gasteiger partial charge on any atom is 0.338 e. The first kappa shape index (κ1) is 28.5. The fourth-order valence-electron chi connectivity index (χ4n) is 5.13. The van der Waals surface area contributed by atoms with Crippen molar-refractivity contribution < 1.29 is 53.7 Å². The molecule has 4 aromatic carbocycles. The molecule has 0 aliphatic carbocycles. The average molecular weight is 602 g/mol. The van der Waals surface area contributed by atoms with Gasteiger partial charge in [0.1, 0.15) is 29.4 Å². The van der Waals surface area contributed by atoms with Crippen molar-refractivity contribution in [3.8, 4) is 40.2 Å². The number of ether oxygens (including phenoxy) is 5. The molecular weight excluding hydrogens is 574 g/mol. The van der Waals surface area contributed by atoms with Gasteiger partial charge in [0.2, 0.25) is 5.78 Å². The van der Waals surface area contributed by atoms with Crippen LogP contribution < -0.4 is 24.7 Å². The van der Waals surface area contributed by atoms with E-state index in [1.165, 1.54) is 25.3 Å². The number of phenols is 3. The number of ketones is 1. The summed E-state index contributed by atoms with van der Waals surface area (Å²) in [6.45, 7) is -0.207. The second-order valence-electron chi connectivity index (χ2n) is 10.2. The van der Waals surface area contributed by atoms with Gasteiger partial charge in [0.05, 0.1) is 12.7 Å². The SMILES string of the molecule is COc1cc(C2Oc3cc([C@H]4Oc5cc(O)cc(O)c5C(=O)[C@@H]4O)ccc3OC2COC(=O)c2ccc(N)cc2)ccc1O. The van der Waals surface area contributed by atoms with Crippen LogP contribution in [0.25, 0.3) is 0 Å². The van der Waals surface area contributed by atoms with Gasteiger partial charge in [-0.25, -0.2) is 4.79 Å². The monoisotopic (exact) mass is 601 g/mol. The molecule has 4 aromatic rings. The quantitative estimate of drug-likeness (QED) is 0.159. The third-order valence-electron chi connectivity index (χ3n) is 7.35. The molecule has 0 saturated carbocycles. The summed E-state index contributed by atoms with van der Waals surface area (Å²) in [5, 5.41) is 41.0. The fourth-order valence-corrected chi connectivity index (χ4v) is 5.13. The van der Waals surface area contributed by atoms with Crippen LogP contribution in [-0.4, -0.2) is 58.1 Å². The molecule has 226 valence electrons. The van der Waals surface area contributed by atoms with Crippen molar-refractivity contribution in [2.45, 2.75) is 24.4 Å². The summed E-state index contributed by atoms with van der Waals surface area (Å²) in [5.74, 6) is -1.68. The molecule has 2 aliphatic heterocycles. The molecule has 0 fully saturated rings. The van der Waals surface area contributed by atoms with Gasteiger partial charge < -0.3 is 49.8 Å². The van der Waals surface area contributed by atoms with Crippen LogP contribution >= 0.6 is 0 Å². The molecule has 12 heteroatoms. The number of rotatable bonds is 6. The van der Waals surface area contributed by atoms with Crippen LogP contribution in [0.5, 0.6) is 40.2 Å². The van der Waals surface area contributed by atoms with Gasteiger partial charge in [-0.05, 0) is 54.1 Å². The predicted molar refractivity (Wildman–Crippen MR) is 154 cm³/mol. The number of phenolic OH excluding ortho intramolecular Hbond substituents is 3. The summed E-state index contributed by atoms with van der Waals surface area (Å²) >= 11 is 0. The number of aromatic hydroxyl groups is 3. The minimum atomic E-state index is -1.67. The number of hydrogen-bond donors (Lipinski definition) is 5. The van der Waals surface area contributed by atoms with Crippen molar-refractivity contribution in [3.05, 3.63) is 95.1 Å². The third-order valence-corrected chi connectivity index (χ3v) is 7.35. The molecule has 44 heavy (non-hydrogen) atoms. The summed E-state index contributed by atoms with van der Waals surface area (Å²) in [4.78, 5) is 25.7. The lowest BCUT2D eigenvalue weighted by Crippen LogP contribution is -2.38. The molecule has 2 unspecified atom stereocenters. The van der Waals surface area contributed by atoms with Gasteiger partial charge >= 0.3 is 5.97 Å². The first-order chi connectivity index (χ1) is 21.1. The van der Waals surface area contributed by atoms with E-state index in [1.807, 2.05) is 0 Å². The first-order valence-corrected chi connectivity index (χ1v) is 13.4. The van der Waals surface area contributed by atoms with Crippen LogP contribution in [0.15, 0.2) is 72.8 Å². The van der Waals surface area contributed by atoms with Crippen LogP contribution in [-0.2, 0) is 4.74 Å². The van der Waals surface area contributed by atoms with Crippen LogP contribution in [0.2, 0.25) is 0 Å². The predicted octanol–water partition coefficient (Wildman–Crippen LogP) is 3.81. The van der Waals surface area contributed by atoms with Crippen molar-refractivity contribution in [1.29, 1.82) is 0 Å². The Balaban J connectivity index is 1.31. The topological polar surface area (TPSA) is 187 Å². The number of Topliss-reactive ketones (excluding diaryl/α,β-unsaturated/α-hetero) is 1. The van der Waals surface area contributed by atoms with Crippen LogP contribution in [0.3, 0.4) is 0 Å². The number of aliphatic hydroxyl groups excluding tert-OH is 1. The molecular formula is C32H27NO11. The normalized spacial score (nSPS) is 20.3. The highest BCUT2D eigenvalue weighted by atomic mass is 16.6. The Kier molecular flexibility index (Phi) is 7.27. The molecule has 0 bridgehead atoms. The Morgan fingerprint density at radius 2 is 1.52 bits per heavy atom. The Bertz CT molecular complexity index is 1750. The first-order valence-electron chi connectivity index (χ1n) is 13.4. The second-order valence-corrected chi connectivity index (χ2v) is 10.2. The number of anilines is 1. The van der Waals surface area contributed by atoms with E-state index in [2.05, 4.69) is 0 Å². The summed E-state index contributed by atoms with van der Waals surface area (Å²) in [7, 11) is 1.40. The van der Waals surface area contributed by atoms with E-state index in [9.17, 15) is 30.0 Å². The van der Waals surface area contributed by atoms with Gasteiger partial charge in [-0.15, -0.1) is 0 Å². The lowest BCUT2D eigenvalue weighted by molar-refractivity contribution is -0.0259. The third kappa shape index (κ3) is 5.22. The van der Waals surface area contributed by atoms with Gasteiger partial charge in [-0.3, -0.25) is 4.79 Å². The molecule has 2 aliphatic rings. The second kappa shape index (κ2) is 11.2. The molecule has 0 radical (unpaired) electrons. The minimum Gasteiger partial charge on any atom is -0.508 e. The Morgan fingerprint density at radius 1 is 0.818 bits per heavy atom. The number of fused-ring (bicyclic) bond motifs is 2. The number of nitrogen functional groups attached to an aromatic ring is 1. The van der Waals surface area contributed by atoms with E-state index in [4.69, 9.17) is 29.4 Å². The molecule has 0 spiro atoms. The highest BCUT2D eigenvalue weighted by Gasteiger charge is 2.41. The van der Waals surface area contributed by atoms with Crippen LogP contribution in [0, 0.1) is 0 Å². The largest absolute Gasteiger partial charge is 0.508 e. The summed E-state index contributed by atoms with van der Waals surface area (Å²) in [5.41, 5.74) is 7.15. The number of methoxy groups -OCH3 is 1. The van der Waals surface area contributed by atoms with E-state index >= 15 is 0 Å². The van der Waals surface area contributed by atoms with E-state index < -0.39 is 41.9 Å². The van der Waals surface area contributed by atoms with Gasteiger partial charge in [0, 0.05) is 23.4 Å². The maximum atomic E-state index is 12.9. The lowest BCUT2D eigenvalue weighted by Gasteiger charge is -2.35. The highest BCUT2D eigenvalue weighted by Crippen LogP contribution is 2.46. The van der Waals surface area contributed by atoms with Crippen molar-refractivity contribution >= 4 is 17.4 Å². The Morgan fingerprint density at radius 3 is 2.27 bits per heavy atom. The highest BCUT2D eigenvalue weighted by molar-refractivity contribution is 6.05. The number of aliphatic hydroxyl groups is 1. The van der Waals surface area contributed by atoms with E-state index in [-0.39, 0.29) is 46.7 Å². The van der Waals surface area contributed by atoms with Gasteiger partial charge in [0.25, 0.3) is 0 Å². The lowest BCUT2D eigenvalue weighted by atomic mass is 9.92. The Labute approximate surface area is 250 Å². The standard InChI is InChI=1S/C32H27NO11/c1-40-23-10-16(4-8-20(23)35)30-26(14-41-32(39)15-2-6-18(33)7-3-15)42-22-9-5-17(11-24(22)43-30)31-29(38)28(37)27-21(36)12-19(34)13-25(27)44-31/h2-13,26,29-31,34-36,38H,14,33H2,1H3/t26?,29-,30?,31+/m0/s1. The molecule has 6 rings (SSSR count). The molecule has 0 aromatic heterocycles. The fraction of sp³-hybridized carbons (Fsp3) is 0.188. The van der Waals surface area contributed by atoms with Crippen molar-refractivity contribution in [3.63, 3.8) is 0 Å². The van der Waals surface area contributed by atoms with E-state index in [1.54, 1.807) is 48.5 Å². The van der Waals surface area contributed by atoms with Crippen molar-refractivity contribution in [2.24, 2.45) is 0 Å². The summed E-state index contributed by atoms with van der Waals surface area (Å²) < 4.78 is 29.2. The van der Waals surface area contributed by atoms with Crippen molar-refractivity contribution in [2.75, 3.05) is 19.5 Å². The zero-order valence-corrected chi connectivity index (χ0v) is 23.2. The molecule has 0 amide bonds. The maximum absolute atomic E-state index is 12.9. The molecule has 6 N–H and O–H groups in total. The summed E-state index contributed by atoms with van der Waals surface area (Å²) in [6, 6.07) is 17.7. The zero-order chi connectivity index (χ0) is 31.1. The molecule has 0 saturated heterocycles. The number of carbonyl (C=O) groups excluding carboxylic acids is 2. The molecule has 12 nitrogen and oxygen atoms in total. The molecule has 2 heterocycles. The van der Waals surface area contributed by atoms with Gasteiger partial charge in [-0.1, -0.05) is 12.1 Å². The van der Waals surface area contributed by atoms with Crippen LogP contribution in [0.4, 0.5) is 5.69 Å². The molecule has 4 atom stereocenters. The van der Waals surface area contributed by atoms with E-state index in [0.29, 0.717) is 22.4 Å². The van der Waals surface area contributed by atoms with Crippen LogP contribution in [0.1, 0.15) is 44.1 Å². The zero-order valence-electron chi connectivity index (χ0n) is 23.2. The van der Waals surface area contributed by atoms with Crippen molar-refractivity contribution in [1.82, 2.24) is 0 Å². The summed E-state index contributed by atoms with van der Waals surface area (Å²) in [6.07, 6.45) is -4.56. The number of nitrogens with two attached hydrogens (primary N) is 1. The number of benzene rings is 4. The van der Waals surface area contributed by atoms with E-state index in [0.717, 1.165) is 6.07 Å². The van der Waals surface area contributed by atoms with Gasteiger partial charge in [0.15, 0.2) is 47.4 Å². The Hall–Kier alpha value is -5.62. The number of hydrogen-bond acceptors (Lipinski definition) is 12. The average Bonchev–Trinajstić information content (AvgIpc) is 3.01.